The Morgan fingerprint density at radius 1 is 1.00 bits per heavy atom. The molecule has 0 saturated heterocycles. The summed E-state index contributed by atoms with van der Waals surface area (Å²) in [6, 6.07) is 16.2. The van der Waals surface area contributed by atoms with Crippen LogP contribution in [-0.2, 0) is 9.84 Å². The highest BCUT2D eigenvalue weighted by Crippen LogP contribution is 2.27. The molecule has 6 heteroatoms. The van der Waals surface area contributed by atoms with E-state index in [1.54, 1.807) is 54.6 Å². The lowest BCUT2D eigenvalue weighted by Crippen LogP contribution is -2.14. The number of rotatable bonds is 3. The van der Waals surface area contributed by atoms with Crippen molar-refractivity contribution < 1.29 is 13.5 Å². The van der Waals surface area contributed by atoms with Crippen LogP contribution in [0.15, 0.2) is 65.7 Å². The maximum absolute atomic E-state index is 12.5. The van der Waals surface area contributed by atoms with Crippen LogP contribution in [0.3, 0.4) is 0 Å². The van der Waals surface area contributed by atoms with Crippen molar-refractivity contribution in [1.82, 2.24) is 4.98 Å². The number of aliphatic hydroxyl groups excluding tert-OH is 1. The van der Waals surface area contributed by atoms with Gasteiger partial charge in [-0.15, -0.1) is 0 Å². The van der Waals surface area contributed by atoms with E-state index in [0.717, 1.165) is 5.39 Å². The molecule has 1 N–H and O–H groups in total. The molecule has 22 heavy (non-hydrogen) atoms. The van der Waals surface area contributed by atoms with Gasteiger partial charge in [0.25, 0.3) is 0 Å². The topological polar surface area (TPSA) is 67.3 Å². The molecule has 0 saturated carbocycles. The average Bonchev–Trinajstić information content (AvgIpc) is 2.54. The Kier molecular flexibility index (Phi) is 3.87. The molecule has 0 aliphatic rings. The lowest BCUT2D eigenvalue weighted by molar-refractivity contribution is 0.254. The summed E-state index contributed by atoms with van der Waals surface area (Å²) < 4.78 is 25.0. The summed E-state index contributed by atoms with van der Waals surface area (Å²) >= 11 is 5.89. The molecule has 1 unspecified atom stereocenters. The highest BCUT2D eigenvalue weighted by molar-refractivity contribution is 7.91. The summed E-state index contributed by atoms with van der Waals surface area (Å²) in [5.41, 5.74) is -0.836. The van der Waals surface area contributed by atoms with Crippen LogP contribution in [0.1, 0.15) is 11.0 Å². The van der Waals surface area contributed by atoms with E-state index in [9.17, 15) is 13.5 Å². The molecule has 1 atom stereocenters. The SMILES string of the molecule is O=S(=O)(c1ccc2cc(Cl)ccc2n1)C(O)c1ccccc1. The molecule has 1 aromatic heterocycles. The lowest BCUT2D eigenvalue weighted by atomic mass is 10.2. The first-order valence-corrected chi connectivity index (χ1v) is 8.44. The first-order valence-electron chi connectivity index (χ1n) is 6.52. The molecule has 0 spiro atoms. The van der Waals surface area contributed by atoms with Crippen molar-refractivity contribution in [2.75, 3.05) is 0 Å². The van der Waals surface area contributed by atoms with E-state index in [-0.39, 0.29) is 5.03 Å². The zero-order valence-electron chi connectivity index (χ0n) is 11.3. The van der Waals surface area contributed by atoms with Gasteiger partial charge < -0.3 is 5.11 Å². The first-order chi connectivity index (χ1) is 10.5. The van der Waals surface area contributed by atoms with Gasteiger partial charge in [-0.3, -0.25) is 0 Å². The van der Waals surface area contributed by atoms with Crippen LogP contribution in [0.2, 0.25) is 5.02 Å². The van der Waals surface area contributed by atoms with Crippen LogP contribution in [-0.4, -0.2) is 18.5 Å². The largest absolute Gasteiger partial charge is 0.373 e. The molecule has 3 rings (SSSR count). The number of sulfone groups is 1. The summed E-state index contributed by atoms with van der Waals surface area (Å²) in [5, 5.41) is 11.3. The van der Waals surface area contributed by atoms with E-state index >= 15 is 0 Å². The Morgan fingerprint density at radius 2 is 1.73 bits per heavy atom. The van der Waals surface area contributed by atoms with Crippen molar-refractivity contribution in [1.29, 1.82) is 0 Å². The van der Waals surface area contributed by atoms with E-state index in [1.165, 1.54) is 6.07 Å². The molecule has 0 aliphatic heterocycles. The summed E-state index contributed by atoms with van der Waals surface area (Å²) in [5.74, 6) is 0. The number of fused-ring (bicyclic) bond motifs is 1. The molecule has 0 bridgehead atoms. The maximum Gasteiger partial charge on any atom is 0.226 e. The minimum atomic E-state index is -3.98. The highest BCUT2D eigenvalue weighted by atomic mass is 35.5. The molecule has 0 aliphatic carbocycles. The zero-order chi connectivity index (χ0) is 15.7. The second kappa shape index (κ2) is 5.68. The molecular weight excluding hydrogens is 322 g/mol. The number of aliphatic hydroxyl groups is 1. The maximum atomic E-state index is 12.5. The van der Waals surface area contributed by atoms with Crippen molar-refractivity contribution in [3.05, 3.63) is 71.2 Å². The number of pyridine rings is 1. The highest BCUT2D eigenvalue weighted by Gasteiger charge is 2.28. The molecule has 2 aromatic carbocycles. The van der Waals surface area contributed by atoms with Gasteiger partial charge in [-0.25, -0.2) is 13.4 Å². The Morgan fingerprint density at radius 3 is 2.45 bits per heavy atom. The molecule has 0 amide bonds. The van der Waals surface area contributed by atoms with E-state index < -0.39 is 15.3 Å². The van der Waals surface area contributed by atoms with E-state index in [4.69, 9.17) is 11.6 Å². The van der Waals surface area contributed by atoms with E-state index in [2.05, 4.69) is 4.98 Å². The van der Waals surface area contributed by atoms with Crippen LogP contribution in [0.25, 0.3) is 10.9 Å². The fourth-order valence-corrected chi connectivity index (χ4v) is 3.56. The second-order valence-electron chi connectivity index (χ2n) is 4.79. The van der Waals surface area contributed by atoms with E-state index in [0.29, 0.717) is 16.1 Å². The zero-order valence-corrected chi connectivity index (χ0v) is 12.9. The number of halogens is 1. The standard InChI is InChI=1S/C16H12ClNO3S/c17-13-7-8-14-12(10-13)6-9-15(18-14)22(20,21)16(19)11-4-2-1-3-5-11/h1-10,16,19H. The van der Waals surface area contributed by atoms with Gasteiger partial charge in [0.2, 0.25) is 9.84 Å². The predicted molar refractivity (Wildman–Crippen MR) is 85.3 cm³/mol. The van der Waals surface area contributed by atoms with Crippen molar-refractivity contribution >= 4 is 32.3 Å². The van der Waals surface area contributed by atoms with Gasteiger partial charge in [-0.05, 0) is 35.9 Å². The third kappa shape index (κ3) is 2.70. The van der Waals surface area contributed by atoms with E-state index in [1.807, 2.05) is 0 Å². The lowest BCUT2D eigenvalue weighted by Gasteiger charge is -2.12. The predicted octanol–water partition coefficient (Wildman–Crippen LogP) is 3.35. The molecule has 0 radical (unpaired) electrons. The molecular formula is C16H12ClNO3S. The van der Waals surface area contributed by atoms with Crippen molar-refractivity contribution in [2.45, 2.75) is 10.5 Å². The summed E-state index contributed by atoms with van der Waals surface area (Å²) in [7, 11) is -3.98. The van der Waals surface area contributed by atoms with Crippen LogP contribution < -0.4 is 0 Å². The first kappa shape index (κ1) is 15.0. The summed E-state index contributed by atoms with van der Waals surface area (Å²) in [6.07, 6.45) is 0. The van der Waals surface area contributed by atoms with Gasteiger partial charge in [0, 0.05) is 10.4 Å². The third-order valence-electron chi connectivity index (χ3n) is 3.30. The summed E-state index contributed by atoms with van der Waals surface area (Å²) in [4.78, 5) is 4.13. The number of hydrogen-bond acceptors (Lipinski definition) is 4. The van der Waals surface area contributed by atoms with Gasteiger partial charge in [-0.2, -0.15) is 0 Å². The molecule has 3 aromatic rings. The van der Waals surface area contributed by atoms with Crippen molar-refractivity contribution in [2.24, 2.45) is 0 Å². The Hall–Kier alpha value is -1.95. The Labute approximate surface area is 132 Å². The van der Waals surface area contributed by atoms with Gasteiger partial charge >= 0.3 is 0 Å². The molecule has 4 nitrogen and oxygen atoms in total. The van der Waals surface area contributed by atoms with Crippen molar-refractivity contribution in [3.63, 3.8) is 0 Å². The number of benzene rings is 2. The van der Waals surface area contributed by atoms with Gasteiger partial charge in [0.05, 0.1) is 5.52 Å². The van der Waals surface area contributed by atoms with Crippen molar-refractivity contribution in [3.8, 4) is 0 Å². The quantitative estimate of drug-likeness (QED) is 0.798. The molecule has 1 heterocycles. The van der Waals surface area contributed by atoms with Crippen LogP contribution >= 0.6 is 11.6 Å². The number of hydrogen-bond donors (Lipinski definition) is 1. The smallest absolute Gasteiger partial charge is 0.226 e. The normalized spacial score (nSPS) is 13.2. The van der Waals surface area contributed by atoms with Gasteiger partial charge in [0.1, 0.15) is 0 Å². The van der Waals surface area contributed by atoms with Gasteiger partial charge in [0.15, 0.2) is 10.5 Å². The fourth-order valence-electron chi connectivity index (χ4n) is 2.15. The van der Waals surface area contributed by atoms with Crippen LogP contribution in [0.4, 0.5) is 0 Å². The van der Waals surface area contributed by atoms with Crippen LogP contribution in [0, 0.1) is 0 Å². The molecule has 112 valence electrons. The Bertz CT molecular complexity index is 927. The average molecular weight is 334 g/mol. The summed E-state index contributed by atoms with van der Waals surface area (Å²) in [6.45, 7) is 0. The minimum absolute atomic E-state index is 0.168. The Balaban J connectivity index is 2.07. The third-order valence-corrected chi connectivity index (χ3v) is 5.20. The monoisotopic (exact) mass is 333 g/mol. The van der Waals surface area contributed by atoms with Gasteiger partial charge in [-0.1, -0.05) is 41.9 Å². The number of nitrogens with zero attached hydrogens (tertiary/aromatic N) is 1. The molecule has 0 fully saturated rings. The fraction of sp³-hybridized carbons (Fsp3) is 0.0625. The second-order valence-corrected chi connectivity index (χ2v) is 7.19. The van der Waals surface area contributed by atoms with Crippen LogP contribution in [0.5, 0.6) is 0 Å². The number of aromatic nitrogens is 1. The minimum Gasteiger partial charge on any atom is -0.373 e.